The van der Waals surface area contributed by atoms with E-state index < -0.39 is 0 Å². The van der Waals surface area contributed by atoms with Gasteiger partial charge in [-0.3, -0.25) is 0 Å². The number of para-hydroxylation sites is 2. The van der Waals surface area contributed by atoms with E-state index in [-0.39, 0.29) is 30.8 Å². The Bertz CT molecular complexity index is 747. The van der Waals surface area contributed by atoms with Gasteiger partial charge in [-0.05, 0) is 37.9 Å². The Morgan fingerprint density at radius 1 is 0.750 bits per heavy atom. The van der Waals surface area contributed by atoms with E-state index in [1.807, 2.05) is 36.4 Å². The molecule has 151 valence electrons. The molecule has 0 fully saturated rings. The quantitative estimate of drug-likeness (QED) is 0.563. The van der Waals surface area contributed by atoms with Crippen molar-refractivity contribution in [1.82, 2.24) is 0 Å². The van der Waals surface area contributed by atoms with Gasteiger partial charge in [-0.1, -0.05) is 97.7 Å². The lowest BCUT2D eigenvalue weighted by molar-refractivity contribution is 0.434. The summed E-state index contributed by atoms with van der Waals surface area (Å²) < 4.78 is 0.0481. The summed E-state index contributed by atoms with van der Waals surface area (Å²) in [6, 6.07) is 12.2. The maximum absolute atomic E-state index is 11.2. The van der Waals surface area contributed by atoms with E-state index >= 15 is 0 Å². The van der Waals surface area contributed by atoms with Gasteiger partial charge in [0, 0.05) is 0 Å². The maximum Gasteiger partial charge on any atom is 0.220 e. The number of hydrogen-bond acceptors (Lipinski definition) is 2. The molecule has 2 aromatic rings. The summed E-state index contributed by atoms with van der Waals surface area (Å²) in [4.78, 5) is 0. The van der Waals surface area contributed by atoms with E-state index in [9.17, 15) is 10.2 Å². The van der Waals surface area contributed by atoms with E-state index in [1.165, 1.54) is 0 Å². The van der Waals surface area contributed by atoms with Crippen LogP contribution in [0, 0.1) is 5.92 Å². The van der Waals surface area contributed by atoms with Crippen molar-refractivity contribution in [2.75, 3.05) is 0 Å². The largest absolute Gasteiger partial charge is 0.507 e. The molecule has 0 bridgehead atoms. The fraction of sp³-hybridized carbons (Fsp3) is 0.520. The third-order valence-corrected chi connectivity index (χ3v) is 7.67. The van der Waals surface area contributed by atoms with Crippen molar-refractivity contribution >= 4 is 15.2 Å². The topological polar surface area (TPSA) is 40.5 Å². The molecule has 0 saturated heterocycles. The van der Waals surface area contributed by atoms with Crippen LogP contribution in [0.15, 0.2) is 36.4 Å². The third-order valence-electron chi connectivity index (χ3n) is 5.26. The number of hydrogen-bond donors (Lipinski definition) is 2. The van der Waals surface area contributed by atoms with Crippen molar-refractivity contribution in [3.63, 3.8) is 0 Å². The molecule has 0 aromatic heterocycles. The van der Waals surface area contributed by atoms with E-state index in [0.29, 0.717) is 17.4 Å². The van der Waals surface area contributed by atoms with Crippen molar-refractivity contribution in [2.24, 2.45) is 5.92 Å². The Morgan fingerprint density at radius 3 is 1.46 bits per heavy atom. The SMILES string of the molecule is CC(C)[CH2][Al][CH](c1cccc(C(C)(C)C)c1O)c1cccc(C(C)(C)C)c1O. The molecule has 2 rings (SSSR count). The zero-order chi connectivity index (χ0) is 21.3. The van der Waals surface area contributed by atoms with Gasteiger partial charge >= 0.3 is 0 Å². The predicted octanol–water partition coefficient (Wildman–Crippen LogP) is 6.56. The van der Waals surface area contributed by atoms with Crippen molar-refractivity contribution in [3.8, 4) is 11.5 Å². The summed E-state index contributed by atoms with van der Waals surface area (Å²) in [6.45, 7) is 17.2. The van der Waals surface area contributed by atoms with Crippen LogP contribution in [0.5, 0.6) is 11.5 Å². The lowest BCUT2D eigenvalue weighted by Gasteiger charge is -2.28. The molecule has 0 amide bonds. The van der Waals surface area contributed by atoms with Crippen molar-refractivity contribution in [1.29, 1.82) is 0 Å². The second kappa shape index (κ2) is 8.52. The van der Waals surface area contributed by atoms with Crippen LogP contribution in [0.25, 0.3) is 0 Å². The van der Waals surface area contributed by atoms with Gasteiger partial charge in [0.05, 0.1) is 0 Å². The molecule has 2 N–H and O–H groups in total. The minimum Gasteiger partial charge on any atom is -0.507 e. The molecule has 1 radical (unpaired) electrons. The number of benzene rings is 2. The summed E-state index contributed by atoms with van der Waals surface area (Å²) in [7, 11) is 0. The van der Waals surface area contributed by atoms with Gasteiger partial charge in [0.15, 0.2) is 0 Å². The molecule has 0 unspecified atom stereocenters. The normalized spacial score (nSPS) is 12.6. The maximum atomic E-state index is 11.2. The van der Waals surface area contributed by atoms with Gasteiger partial charge in [0.1, 0.15) is 11.5 Å². The molecule has 3 heteroatoms. The van der Waals surface area contributed by atoms with Crippen molar-refractivity contribution in [3.05, 3.63) is 58.7 Å². The highest BCUT2D eigenvalue weighted by Gasteiger charge is 2.28. The van der Waals surface area contributed by atoms with E-state index in [0.717, 1.165) is 27.5 Å². The number of phenols is 2. The highest BCUT2D eigenvalue weighted by molar-refractivity contribution is 6.39. The summed E-state index contributed by atoms with van der Waals surface area (Å²) >= 11 is -0.00510. The molecular weight excluding hydrogens is 359 g/mol. The van der Waals surface area contributed by atoms with Gasteiger partial charge in [0.25, 0.3) is 0 Å². The van der Waals surface area contributed by atoms with Crippen LogP contribution >= 0.6 is 0 Å². The average Bonchev–Trinajstić information content (AvgIpc) is 2.55. The average molecular weight is 396 g/mol. The highest BCUT2D eigenvalue weighted by Crippen LogP contribution is 2.43. The molecule has 2 nitrogen and oxygen atoms in total. The van der Waals surface area contributed by atoms with Crippen LogP contribution in [0.3, 0.4) is 0 Å². The number of aromatic hydroxyl groups is 2. The fourth-order valence-corrected chi connectivity index (χ4v) is 5.53. The smallest absolute Gasteiger partial charge is 0.220 e. The van der Waals surface area contributed by atoms with Crippen molar-refractivity contribution < 1.29 is 10.2 Å². The van der Waals surface area contributed by atoms with Gasteiger partial charge in [-0.15, -0.1) is 5.28 Å². The zero-order valence-corrected chi connectivity index (χ0v) is 20.0. The van der Waals surface area contributed by atoms with Crippen LogP contribution in [0.4, 0.5) is 0 Å². The molecule has 0 heterocycles. The molecule has 0 aliphatic carbocycles. The summed E-state index contributed by atoms with van der Waals surface area (Å²) in [5.74, 6) is 1.37. The van der Waals surface area contributed by atoms with Crippen LogP contribution in [0.1, 0.15) is 82.4 Å². The van der Waals surface area contributed by atoms with E-state index in [1.54, 1.807) is 0 Å². The van der Waals surface area contributed by atoms with Gasteiger partial charge in [-0.25, -0.2) is 0 Å². The third kappa shape index (κ3) is 5.13. The standard InChI is InChI=1S/C21H27O2.C4H9.Al/c1-20(2,3)16-11-7-9-14(18(16)22)13-15-10-8-12-17(19(15)23)21(4,5)6;1-4(2)3;/h7-13,22-23H,1-6H3;4H,1H2,2-3H3;. The summed E-state index contributed by atoms with van der Waals surface area (Å²) in [5.41, 5.74) is 3.56. The molecule has 0 atom stereocenters. The highest BCUT2D eigenvalue weighted by atomic mass is 27.1. The Morgan fingerprint density at radius 2 is 1.14 bits per heavy atom. The fourth-order valence-electron chi connectivity index (χ4n) is 3.66. The Kier molecular flexibility index (Phi) is 6.95. The zero-order valence-electron chi connectivity index (χ0n) is 18.8. The van der Waals surface area contributed by atoms with Crippen LogP contribution in [-0.4, -0.2) is 25.4 Å². The molecule has 0 aliphatic rings. The second-order valence-electron chi connectivity index (χ2n) is 10.3. The Labute approximate surface area is 177 Å². The first-order valence-corrected chi connectivity index (χ1v) is 11.8. The lowest BCUT2D eigenvalue weighted by atomic mass is 9.82. The summed E-state index contributed by atoms with van der Waals surface area (Å²) in [5, 5.41) is 23.5. The summed E-state index contributed by atoms with van der Waals surface area (Å²) in [6.07, 6.45) is 0. The van der Waals surface area contributed by atoms with Gasteiger partial charge < -0.3 is 10.2 Å². The van der Waals surface area contributed by atoms with Gasteiger partial charge in [0.2, 0.25) is 15.2 Å². The first kappa shape index (κ1) is 22.9. The predicted molar refractivity (Wildman–Crippen MR) is 121 cm³/mol. The van der Waals surface area contributed by atoms with Crippen molar-refractivity contribution in [2.45, 2.75) is 76.3 Å². The van der Waals surface area contributed by atoms with Gasteiger partial charge in [-0.2, -0.15) is 0 Å². The molecule has 0 saturated carbocycles. The second-order valence-corrected chi connectivity index (χ2v) is 11.9. The van der Waals surface area contributed by atoms with Crippen LogP contribution in [0.2, 0.25) is 5.28 Å². The minimum absolute atomic E-state index is 0.00510. The monoisotopic (exact) mass is 395 g/mol. The number of phenolic OH excluding ortho intramolecular Hbond substituents is 2. The minimum atomic E-state index is -0.132. The lowest BCUT2D eigenvalue weighted by Crippen LogP contribution is -2.18. The first-order valence-electron chi connectivity index (χ1n) is 10.3. The molecule has 2 aromatic carbocycles. The molecular formula is C25H36AlO2. The van der Waals surface area contributed by atoms with E-state index in [2.05, 4.69) is 55.4 Å². The number of rotatable bonds is 5. The Balaban J connectivity index is 2.66. The first-order chi connectivity index (χ1) is 12.8. The Hall–Kier alpha value is -1.43. The molecule has 0 spiro atoms. The van der Waals surface area contributed by atoms with Crippen LogP contribution in [-0.2, 0) is 10.8 Å². The molecule has 0 aliphatic heterocycles. The van der Waals surface area contributed by atoms with Crippen LogP contribution < -0.4 is 0 Å². The van der Waals surface area contributed by atoms with E-state index in [4.69, 9.17) is 0 Å². The molecule has 28 heavy (non-hydrogen) atoms.